The molecule has 0 unspecified atom stereocenters. The number of carbonyl (C=O) groups is 1. The molecular weight excluding hydrogens is 376 g/mol. The van der Waals surface area contributed by atoms with Crippen molar-refractivity contribution in [2.75, 3.05) is 21.3 Å². The third-order valence-corrected chi connectivity index (χ3v) is 5.27. The van der Waals surface area contributed by atoms with Crippen LogP contribution in [0.4, 0.5) is 5.69 Å². The highest BCUT2D eigenvalue weighted by Crippen LogP contribution is 2.39. The van der Waals surface area contributed by atoms with Gasteiger partial charge in [-0.05, 0) is 72.6 Å². The lowest BCUT2D eigenvalue weighted by Crippen LogP contribution is -2.19. The number of thioether (sulfide) groups is 1. The summed E-state index contributed by atoms with van der Waals surface area (Å²) in [6.45, 7) is 4.09. The van der Waals surface area contributed by atoms with Gasteiger partial charge >= 0.3 is 0 Å². The molecule has 0 aromatic heterocycles. The van der Waals surface area contributed by atoms with Gasteiger partial charge in [0.25, 0.3) is 5.91 Å². The second-order valence-electron chi connectivity index (χ2n) is 6.21. The zero-order chi connectivity index (χ0) is 20.3. The number of aliphatic imine (C=N–C) groups is 1. The molecule has 1 aliphatic rings. The predicted molar refractivity (Wildman–Crippen MR) is 113 cm³/mol. The summed E-state index contributed by atoms with van der Waals surface area (Å²) in [7, 11) is 4.66. The molecule has 0 saturated carbocycles. The fourth-order valence-corrected chi connectivity index (χ4v) is 3.57. The Morgan fingerprint density at radius 2 is 1.64 bits per heavy atom. The maximum absolute atomic E-state index is 12.4. The molecule has 0 atom stereocenters. The SMILES string of the molecule is COc1cc(/C=C2\SC(=Nc3ccc(C)c(C)c3)NC2=O)cc(OC)c1OC. The van der Waals surface area contributed by atoms with Gasteiger partial charge in [0.1, 0.15) is 0 Å². The van der Waals surface area contributed by atoms with E-state index in [0.29, 0.717) is 27.3 Å². The van der Waals surface area contributed by atoms with Gasteiger partial charge in [0.15, 0.2) is 16.7 Å². The van der Waals surface area contributed by atoms with Crippen molar-refractivity contribution >= 4 is 34.6 Å². The topological polar surface area (TPSA) is 69.2 Å². The molecule has 6 nitrogen and oxygen atoms in total. The number of amidine groups is 1. The van der Waals surface area contributed by atoms with Crippen LogP contribution in [0.15, 0.2) is 40.2 Å². The third-order valence-electron chi connectivity index (χ3n) is 4.36. The summed E-state index contributed by atoms with van der Waals surface area (Å²) in [5.41, 5.74) is 3.93. The summed E-state index contributed by atoms with van der Waals surface area (Å²) in [5.74, 6) is 1.37. The predicted octanol–water partition coefficient (Wildman–Crippen LogP) is 4.22. The summed E-state index contributed by atoms with van der Waals surface area (Å²) in [4.78, 5) is 17.4. The van der Waals surface area contributed by atoms with Crippen molar-refractivity contribution in [3.8, 4) is 17.2 Å². The molecule has 1 saturated heterocycles. The van der Waals surface area contributed by atoms with Crippen molar-refractivity contribution in [1.29, 1.82) is 0 Å². The molecule has 0 radical (unpaired) electrons. The molecule has 0 bridgehead atoms. The van der Waals surface area contributed by atoms with Crippen molar-refractivity contribution < 1.29 is 19.0 Å². The highest BCUT2D eigenvalue weighted by atomic mass is 32.2. The van der Waals surface area contributed by atoms with Crippen molar-refractivity contribution in [2.24, 2.45) is 4.99 Å². The van der Waals surface area contributed by atoms with Crippen molar-refractivity contribution in [2.45, 2.75) is 13.8 Å². The Labute approximate surface area is 168 Å². The molecule has 2 aromatic carbocycles. The zero-order valence-electron chi connectivity index (χ0n) is 16.5. The highest BCUT2D eigenvalue weighted by molar-refractivity contribution is 8.18. The Kier molecular flexibility index (Phi) is 5.94. The van der Waals surface area contributed by atoms with Gasteiger partial charge in [-0.2, -0.15) is 0 Å². The van der Waals surface area contributed by atoms with Crippen LogP contribution in [0.5, 0.6) is 17.2 Å². The second-order valence-corrected chi connectivity index (χ2v) is 7.24. The quantitative estimate of drug-likeness (QED) is 0.764. The average molecular weight is 398 g/mol. The first-order valence-electron chi connectivity index (χ1n) is 8.62. The number of hydrogen-bond donors (Lipinski definition) is 1. The van der Waals surface area contributed by atoms with Crippen LogP contribution in [0.1, 0.15) is 16.7 Å². The van der Waals surface area contributed by atoms with Crippen LogP contribution < -0.4 is 19.5 Å². The molecule has 2 aromatic rings. The number of amides is 1. The monoisotopic (exact) mass is 398 g/mol. The first-order chi connectivity index (χ1) is 13.4. The fraction of sp³-hybridized carbons (Fsp3) is 0.238. The van der Waals surface area contributed by atoms with E-state index in [-0.39, 0.29) is 5.91 Å². The van der Waals surface area contributed by atoms with E-state index in [4.69, 9.17) is 14.2 Å². The van der Waals surface area contributed by atoms with E-state index in [2.05, 4.69) is 17.2 Å². The number of nitrogens with one attached hydrogen (secondary N) is 1. The molecule has 28 heavy (non-hydrogen) atoms. The van der Waals surface area contributed by atoms with Crippen molar-refractivity contribution in [3.63, 3.8) is 0 Å². The minimum absolute atomic E-state index is 0.193. The first kappa shape index (κ1) is 19.8. The normalized spacial score (nSPS) is 16.4. The van der Waals surface area contributed by atoms with E-state index in [1.807, 2.05) is 25.1 Å². The van der Waals surface area contributed by atoms with Crippen LogP contribution in [0.2, 0.25) is 0 Å². The van der Waals surface area contributed by atoms with E-state index in [1.165, 1.54) is 17.3 Å². The third kappa shape index (κ3) is 4.14. The molecule has 146 valence electrons. The van der Waals surface area contributed by atoms with E-state index in [1.54, 1.807) is 39.5 Å². The number of carbonyl (C=O) groups excluding carboxylic acids is 1. The molecule has 1 aliphatic heterocycles. The number of rotatable bonds is 5. The lowest BCUT2D eigenvalue weighted by atomic mass is 10.1. The molecular formula is C21H22N2O4S. The van der Waals surface area contributed by atoms with Crippen molar-refractivity contribution in [3.05, 3.63) is 51.9 Å². The molecule has 1 amide bonds. The Balaban J connectivity index is 1.90. The molecule has 7 heteroatoms. The Bertz CT molecular complexity index is 957. The van der Waals surface area contributed by atoms with E-state index in [9.17, 15) is 4.79 Å². The van der Waals surface area contributed by atoms with Gasteiger partial charge in [-0.1, -0.05) is 6.07 Å². The van der Waals surface area contributed by atoms with E-state index in [0.717, 1.165) is 16.8 Å². The Hall–Kier alpha value is -2.93. The van der Waals surface area contributed by atoms with Gasteiger partial charge in [0.2, 0.25) is 5.75 Å². The summed E-state index contributed by atoms with van der Waals surface area (Å²) in [6.07, 6.45) is 1.77. The summed E-state index contributed by atoms with van der Waals surface area (Å²) < 4.78 is 16.1. The van der Waals surface area contributed by atoms with E-state index < -0.39 is 0 Å². The zero-order valence-corrected chi connectivity index (χ0v) is 17.3. The van der Waals surface area contributed by atoms with Gasteiger partial charge < -0.3 is 19.5 Å². The molecule has 1 fully saturated rings. The maximum atomic E-state index is 12.4. The van der Waals surface area contributed by atoms with Gasteiger partial charge in [0, 0.05) is 0 Å². The number of aryl methyl sites for hydroxylation is 2. The summed E-state index contributed by atoms with van der Waals surface area (Å²) >= 11 is 1.29. The van der Waals surface area contributed by atoms with Crippen LogP contribution in [-0.2, 0) is 4.79 Å². The molecule has 1 N–H and O–H groups in total. The van der Waals surface area contributed by atoms with Crippen LogP contribution in [0.3, 0.4) is 0 Å². The van der Waals surface area contributed by atoms with Gasteiger partial charge in [-0.15, -0.1) is 0 Å². The van der Waals surface area contributed by atoms with Gasteiger partial charge in [-0.25, -0.2) is 4.99 Å². The van der Waals surface area contributed by atoms with Crippen molar-refractivity contribution in [1.82, 2.24) is 5.32 Å². The number of hydrogen-bond acceptors (Lipinski definition) is 6. The van der Waals surface area contributed by atoms with Crippen LogP contribution in [0, 0.1) is 13.8 Å². The van der Waals surface area contributed by atoms with Crippen LogP contribution in [0.25, 0.3) is 6.08 Å². The van der Waals surface area contributed by atoms with E-state index >= 15 is 0 Å². The molecule has 1 heterocycles. The lowest BCUT2D eigenvalue weighted by Gasteiger charge is -2.12. The summed E-state index contributed by atoms with van der Waals surface area (Å²) in [5, 5.41) is 3.35. The van der Waals surface area contributed by atoms with Gasteiger partial charge in [-0.3, -0.25) is 4.79 Å². The maximum Gasteiger partial charge on any atom is 0.264 e. The lowest BCUT2D eigenvalue weighted by molar-refractivity contribution is -0.115. The first-order valence-corrected chi connectivity index (χ1v) is 9.43. The number of methoxy groups -OCH3 is 3. The minimum Gasteiger partial charge on any atom is -0.493 e. The molecule has 0 spiro atoms. The molecule has 3 rings (SSSR count). The molecule has 0 aliphatic carbocycles. The smallest absolute Gasteiger partial charge is 0.264 e. The van der Waals surface area contributed by atoms with Crippen LogP contribution >= 0.6 is 11.8 Å². The second kappa shape index (κ2) is 8.39. The highest BCUT2D eigenvalue weighted by Gasteiger charge is 2.24. The standard InChI is InChI=1S/C21H22N2O4S/c1-12-6-7-15(8-13(12)2)22-21-23-20(24)18(28-21)11-14-9-16(25-3)19(27-5)17(10-14)26-4/h6-11H,1-5H3,(H,22,23,24)/b18-11-. The average Bonchev–Trinajstić information content (AvgIpc) is 3.02. The number of nitrogens with zero attached hydrogens (tertiary/aromatic N) is 1. The fourth-order valence-electron chi connectivity index (χ4n) is 2.73. The Morgan fingerprint density at radius 1 is 0.964 bits per heavy atom. The largest absolute Gasteiger partial charge is 0.493 e. The number of benzene rings is 2. The Morgan fingerprint density at radius 3 is 2.21 bits per heavy atom. The summed E-state index contributed by atoms with van der Waals surface area (Å²) in [6, 6.07) is 9.53. The number of ether oxygens (including phenoxy) is 3. The minimum atomic E-state index is -0.193. The van der Waals surface area contributed by atoms with Gasteiger partial charge in [0.05, 0.1) is 31.9 Å². The van der Waals surface area contributed by atoms with Crippen LogP contribution in [-0.4, -0.2) is 32.4 Å².